The summed E-state index contributed by atoms with van der Waals surface area (Å²) in [5.74, 6) is 0.860. The van der Waals surface area contributed by atoms with Crippen LogP contribution in [0.5, 0.6) is 5.75 Å². The standard InChI is InChI=1S/C22H27N3O/c1-3-4-5-9-15-20-22(19-14-10-11-16-21(19)26-2)25(24-23-20)17-18-12-7-6-8-13-18/h6-8,10-14,16H,3-5,9,15,17H2,1-2H3. The van der Waals surface area contributed by atoms with Gasteiger partial charge in [0.1, 0.15) is 5.75 Å². The second-order valence-corrected chi connectivity index (χ2v) is 6.54. The van der Waals surface area contributed by atoms with Crippen LogP contribution in [-0.2, 0) is 13.0 Å². The van der Waals surface area contributed by atoms with Gasteiger partial charge in [0.25, 0.3) is 0 Å². The molecule has 0 aliphatic heterocycles. The molecule has 1 heterocycles. The van der Waals surface area contributed by atoms with Crippen molar-refractivity contribution in [2.75, 3.05) is 7.11 Å². The monoisotopic (exact) mass is 349 g/mol. The van der Waals surface area contributed by atoms with Gasteiger partial charge in [-0.25, -0.2) is 4.68 Å². The maximum atomic E-state index is 5.60. The number of aryl methyl sites for hydroxylation is 1. The average molecular weight is 349 g/mol. The number of hydrogen-bond donors (Lipinski definition) is 0. The van der Waals surface area contributed by atoms with E-state index in [-0.39, 0.29) is 0 Å². The van der Waals surface area contributed by atoms with Gasteiger partial charge >= 0.3 is 0 Å². The van der Waals surface area contributed by atoms with E-state index in [1.165, 1.54) is 24.8 Å². The Hall–Kier alpha value is -2.62. The summed E-state index contributed by atoms with van der Waals surface area (Å²) in [5, 5.41) is 8.99. The van der Waals surface area contributed by atoms with Crippen molar-refractivity contribution >= 4 is 0 Å². The lowest BCUT2D eigenvalue weighted by Crippen LogP contribution is -2.05. The van der Waals surface area contributed by atoms with Crippen LogP contribution in [0.4, 0.5) is 0 Å². The summed E-state index contributed by atoms with van der Waals surface area (Å²) >= 11 is 0. The largest absolute Gasteiger partial charge is 0.496 e. The van der Waals surface area contributed by atoms with E-state index in [1.54, 1.807) is 7.11 Å². The molecule has 0 N–H and O–H groups in total. The lowest BCUT2D eigenvalue weighted by molar-refractivity contribution is 0.416. The summed E-state index contributed by atoms with van der Waals surface area (Å²) in [6.07, 6.45) is 5.82. The normalized spacial score (nSPS) is 10.8. The molecule has 0 aliphatic rings. The van der Waals surface area contributed by atoms with E-state index in [2.05, 4.69) is 47.6 Å². The number of unbranched alkanes of at least 4 members (excludes halogenated alkanes) is 3. The van der Waals surface area contributed by atoms with Crippen LogP contribution >= 0.6 is 0 Å². The van der Waals surface area contributed by atoms with Gasteiger partial charge in [0.15, 0.2) is 0 Å². The molecule has 0 saturated carbocycles. The Morgan fingerprint density at radius 2 is 1.69 bits per heavy atom. The molecule has 0 atom stereocenters. The fraction of sp³-hybridized carbons (Fsp3) is 0.364. The zero-order valence-electron chi connectivity index (χ0n) is 15.7. The van der Waals surface area contributed by atoms with Gasteiger partial charge in [-0.15, -0.1) is 5.10 Å². The van der Waals surface area contributed by atoms with Gasteiger partial charge in [-0.05, 0) is 30.5 Å². The summed E-state index contributed by atoms with van der Waals surface area (Å²) in [6.45, 7) is 2.94. The third-order valence-electron chi connectivity index (χ3n) is 4.61. The minimum Gasteiger partial charge on any atom is -0.496 e. The Morgan fingerprint density at radius 1 is 0.923 bits per heavy atom. The number of benzene rings is 2. The predicted octanol–water partition coefficient (Wildman–Crippen LogP) is 5.12. The van der Waals surface area contributed by atoms with Crippen LogP contribution < -0.4 is 4.74 Å². The number of ether oxygens (including phenoxy) is 1. The molecule has 0 radical (unpaired) electrons. The number of nitrogens with zero attached hydrogens (tertiary/aromatic N) is 3. The molecular weight excluding hydrogens is 322 g/mol. The summed E-state index contributed by atoms with van der Waals surface area (Å²) in [6, 6.07) is 18.5. The van der Waals surface area contributed by atoms with E-state index < -0.39 is 0 Å². The van der Waals surface area contributed by atoms with Crippen LogP contribution in [0.2, 0.25) is 0 Å². The van der Waals surface area contributed by atoms with Gasteiger partial charge in [-0.1, -0.05) is 73.9 Å². The van der Waals surface area contributed by atoms with Crippen LogP contribution in [-0.4, -0.2) is 22.1 Å². The van der Waals surface area contributed by atoms with Crippen molar-refractivity contribution in [3.05, 3.63) is 65.9 Å². The Balaban J connectivity index is 1.95. The molecule has 3 aromatic rings. The molecule has 4 nitrogen and oxygen atoms in total. The highest BCUT2D eigenvalue weighted by Crippen LogP contribution is 2.32. The van der Waals surface area contributed by atoms with Crippen molar-refractivity contribution in [1.29, 1.82) is 0 Å². The average Bonchev–Trinajstić information content (AvgIpc) is 3.08. The zero-order valence-corrected chi connectivity index (χ0v) is 15.7. The van der Waals surface area contributed by atoms with Crippen LogP contribution in [0.3, 0.4) is 0 Å². The molecule has 0 fully saturated rings. The van der Waals surface area contributed by atoms with Crippen molar-refractivity contribution in [3.63, 3.8) is 0 Å². The van der Waals surface area contributed by atoms with Crippen LogP contribution in [0.1, 0.15) is 43.9 Å². The lowest BCUT2D eigenvalue weighted by atomic mass is 10.0. The Kier molecular flexibility index (Phi) is 6.42. The number of para-hydroxylation sites is 1. The second kappa shape index (κ2) is 9.18. The zero-order chi connectivity index (χ0) is 18.2. The third-order valence-corrected chi connectivity index (χ3v) is 4.61. The van der Waals surface area contributed by atoms with Crippen molar-refractivity contribution in [1.82, 2.24) is 15.0 Å². The van der Waals surface area contributed by atoms with Crippen LogP contribution in [0.25, 0.3) is 11.3 Å². The number of aromatic nitrogens is 3. The van der Waals surface area contributed by atoms with Crippen LogP contribution in [0, 0.1) is 0 Å². The van der Waals surface area contributed by atoms with Crippen molar-refractivity contribution in [2.45, 2.75) is 45.6 Å². The lowest BCUT2D eigenvalue weighted by Gasteiger charge is -2.12. The van der Waals surface area contributed by atoms with Crippen LogP contribution in [0.15, 0.2) is 54.6 Å². The first-order valence-corrected chi connectivity index (χ1v) is 9.43. The maximum Gasteiger partial charge on any atom is 0.128 e. The quantitative estimate of drug-likeness (QED) is 0.503. The molecule has 0 bridgehead atoms. The van der Waals surface area contributed by atoms with E-state index >= 15 is 0 Å². The summed E-state index contributed by atoms with van der Waals surface area (Å²) in [4.78, 5) is 0. The van der Waals surface area contributed by atoms with Crippen molar-refractivity contribution in [2.24, 2.45) is 0 Å². The van der Waals surface area contributed by atoms with Crippen molar-refractivity contribution < 1.29 is 4.74 Å². The third kappa shape index (κ3) is 4.31. The molecule has 3 rings (SSSR count). The predicted molar refractivity (Wildman–Crippen MR) is 105 cm³/mol. The highest BCUT2D eigenvalue weighted by atomic mass is 16.5. The van der Waals surface area contributed by atoms with Gasteiger partial charge in [-0.3, -0.25) is 0 Å². The molecule has 0 spiro atoms. The van der Waals surface area contributed by atoms with Gasteiger partial charge < -0.3 is 4.74 Å². The molecule has 2 aromatic carbocycles. The first-order valence-electron chi connectivity index (χ1n) is 9.43. The van der Waals surface area contributed by atoms with E-state index in [4.69, 9.17) is 4.74 Å². The molecule has 136 valence electrons. The van der Waals surface area contributed by atoms with Gasteiger partial charge in [0.2, 0.25) is 0 Å². The number of rotatable bonds is 9. The highest BCUT2D eigenvalue weighted by molar-refractivity contribution is 5.69. The van der Waals surface area contributed by atoms with Gasteiger partial charge in [0, 0.05) is 5.56 Å². The van der Waals surface area contributed by atoms with E-state index in [0.717, 1.165) is 35.5 Å². The fourth-order valence-corrected chi connectivity index (χ4v) is 3.24. The highest BCUT2D eigenvalue weighted by Gasteiger charge is 2.18. The molecule has 0 saturated heterocycles. The van der Waals surface area contributed by atoms with E-state index in [9.17, 15) is 0 Å². The molecular formula is C22H27N3O. The SMILES string of the molecule is CCCCCCc1nnn(Cc2ccccc2)c1-c1ccccc1OC. The molecule has 4 heteroatoms. The second-order valence-electron chi connectivity index (χ2n) is 6.54. The first kappa shape index (κ1) is 18.2. The molecule has 26 heavy (non-hydrogen) atoms. The first-order chi connectivity index (χ1) is 12.8. The molecule has 1 aromatic heterocycles. The Labute approximate surface area is 155 Å². The maximum absolute atomic E-state index is 5.60. The van der Waals surface area contributed by atoms with E-state index in [1.807, 2.05) is 28.9 Å². The minimum atomic E-state index is 0.705. The minimum absolute atomic E-state index is 0.705. The molecule has 0 aliphatic carbocycles. The Bertz CT molecular complexity index is 811. The fourth-order valence-electron chi connectivity index (χ4n) is 3.24. The smallest absolute Gasteiger partial charge is 0.128 e. The summed E-state index contributed by atoms with van der Waals surface area (Å²) in [5.41, 5.74) is 4.40. The number of methoxy groups -OCH3 is 1. The topological polar surface area (TPSA) is 39.9 Å². The summed E-state index contributed by atoms with van der Waals surface area (Å²) in [7, 11) is 1.71. The number of hydrogen-bond acceptors (Lipinski definition) is 3. The van der Waals surface area contributed by atoms with E-state index in [0.29, 0.717) is 6.54 Å². The summed E-state index contributed by atoms with van der Waals surface area (Å²) < 4.78 is 7.61. The van der Waals surface area contributed by atoms with Gasteiger partial charge in [-0.2, -0.15) is 0 Å². The van der Waals surface area contributed by atoms with Gasteiger partial charge in [0.05, 0.1) is 25.0 Å². The van der Waals surface area contributed by atoms with Crippen molar-refractivity contribution in [3.8, 4) is 17.0 Å². The Morgan fingerprint density at radius 3 is 2.46 bits per heavy atom. The molecule has 0 amide bonds. The molecule has 0 unspecified atom stereocenters.